The molecule has 0 bridgehead atoms. The Hall–Kier alpha value is -2.13. The van der Waals surface area contributed by atoms with Gasteiger partial charge in [-0.1, -0.05) is 60.7 Å². The topological polar surface area (TPSA) is 46.5 Å². The molecule has 1 N–H and O–H groups in total. The van der Waals surface area contributed by atoms with Crippen LogP contribution in [0.3, 0.4) is 0 Å². The van der Waals surface area contributed by atoms with E-state index in [0.29, 0.717) is 25.9 Å². The SMILES string of the molecule is CCOC(=O)[C@@H]1CC[C@](O)(c2ccccc2)C[C@H]1c1ccccc1. The molecule has 2 aromatic rings. The van der Waals surface area contributed by atoms with E-state index in [-0.39, 0.29) is 17.8 Å². The van der Waals surface area contributed by atoms with Gasteiger partial charge in [-0.15, -0.1) is 0 Å². The molecular formula is C21H24O3. The standard InChI is InChI=1S/C21H24O3/c1-2-24-20(22)18-13-14-21(23,17-11-7-4-8-12-17)15-19(18)16-9-5-3-6-10-16/h3-12,18-19,23H,2,13-15H2,1H3/t18-,19+,21-/m1/s1. The number of benzene rings is 2. The third kappa shape index (κ3) is 3.36. The van der Waals surface area contributed by atoms with E-state index in [4.69, 9.17) is 4.74 Å². The monoisotopic (exact) mass is 324 g/mol. The van der Waals surface area contributed by atoms with Gasteiger partial charge < -0.3 is 9.84 Å². The maximum Gasteiger partial charge on any atom is 0.309 e. The molecule has 0 saturated heterocycles. The maximum absolute atomic E-state index is 12.4. The molecule has 1 fully saturated rings. The van der Waals surface area contributed by atoms with Gasteiger partial charge in [0, 0.05) is 5.92 Å². The fourth-order valence-electron chi connectivity index (χ4n) is 3.80. The number of ether oxygens (including phenoxy) is 1. The zero-order chi connectivity index (χ0) is 17.0. The predicted octanol–water partition coefficient (Wildman–Crippen LogP) is 4.02. The third-order valence-corrected chi connectivity index (χ3v) is 5.04. The summed E-state index contributed by atoms with van der Waals surface area (Å²) in [7, 11) is 0. The summed E-state index contributed by atoms with van der Waals surface area (Å²) < 4.78 is 5.29. The zero-order valence-electron chi connectivity index (χ0n) is 14.0. The largest absolute Gasteiger partial charge is 0.466 e. The van der Waals surface area contributed by atoms with Crippen LogP contribution in [0.1, 0.15) is 43.2 Å². The van der Waals surface area contributed by atoms with Crippen molar-refractivity contribution in [3.8, 4) is 0 Å². The minimum Gasteiger partial charge on any atom is -0.466 e. The molecule has 3 heteroatoms. The maximum atomic E-state index is 12.4. The number of carbonyl (C=O) groups is 1. The van der Waals surface area contributed by atoms with Crippen molar-refractivity contribution in [3.05, 3.63) is 71.8 Å². The van der Waals surface area contributed by atoms with E-state index in [1.54, 1.807) is 0 Å². The molecular weight excluding hydrogens is 300 g/mol. The van der Waals surface area contributed by atoms with Gasteiger partial charge in [0.2, 0.25) is 0 Å². The van der Waals surface area contributed by atoms with Gasteiger partial charge in [0.25, 0.3) is 0 Å². The molecule has 1 aliphatic carbocycles. The van der Waals surface area contributed by atoms with Gasteiger partial charge in [0.05, 0.1) is 18.1 Å². The molecule has 2 aromatic carbocycles. The second-order valence-corrected chi connectivity index (χ2v) is 6.52. The molecule has 24 heavy (non-hydrogen) atoms. The normalized spacial score (nSPS) is 26.8. The number of rotatable bonds is 4. The molecule has 0 aromatic heterocycles. The number of hydrogen-bond donors (Lipinski definition) is 1. The average molecular weight is 324 g/mol. The molecule has 3 nitrogen and oxygen atoms in total. The summed E-state index contributed by atoms with van der Waals surface area (Å²) in [4.78, 5) is 12.4. The summed E-state index contributed by atoms with van der Waals surface area (Å²) in [5.74, 6) is -0.387. The molecule has 3 atom stereocenters. The van der Waals surface area contributed by atoms with Crippen LogP contribution in [0.25, 0.3) is 0 Å². The molecule has 0 spiro atoms. The lowest BCUT2D eigenvalue weighted by Gasteiger charge is -2.41. The van der Waals surface area contributed by atoms with E-state index < -0.39 is 5.60 Å². The van der Waals surface area contributed by atoms with E-state index >= 15 is 0 Å². The lowest BCUT2D eigenvalue weighted by molar-refractivity contribution is -0.152. The lowest BCUT2D eigenvalue weighted by atomic mass is 9.67. The quantitative estimate of drug-likeness (QED) is 0.864. The summed E-state index contributed by atoms with van der Waals surface area (Å²) in [5, 5.41) is 11.3. The minimum absolute atomic E-state index is 0.0378. The highest BCUT2D eigenvalue weighted by atomic mass is 16.5. The molecule has 0 heterocycles. The Labute approximate surface area is 143 Å². The Morgan fingerprint density at radius 1 is 1.12 bits per heavy atom. The number of aliphatic hydroxyl groups is 1. The van der Waals surface area contributed by atoms with E-state index in [0.717, 1.165) is 11.1 Å². The molecule has 0 unspecified atom stereocenters. The molecule has 126 valence electrons. The van der Waals surface area contributed by atoms with E-state index in [9.17, 15) is 9.90 Å². The van der Waals surface area contributed by atoms with Crippen LogP contribution in [-0.2, 0) is 15.1 Å². The van der Waals surface area contributed by atoms with Gasteiger partial charge >= 0.3 is 5.97 Å². The van der Waals surface area contributed by atoms with Crippen LogP contribution < -0.4 is 0 Å². The van der Waals surface area contributed by atoms with Crippen LogP contribution in [0.2, 0.25) is 0 Å². The summed E-state index contributed by atoms with van der Waals surface area (Å²) in [6, 6.07) is 19.8. The van der Waals surface area contributed by atoms with Crippen LogP contribution in [-0.4, -0.2) is 17.7 Å². The molecule has 1 aliphatic rings. The molecule has 0 aliphatic heterocycles. The van der Waals surface area contributed by atoms with Gasteiger partial charge in [-0.25, -0.2) is 0 Å². The van der Waals surface area contributed by atoms with Gasteiger partial charge in [0.1, 0.15) is 0 Å². The average Bonchev–Trinajstić information content (AvgIpc) is 2.63. The van der Waals surface area contributed by atoms with Crippen molar-refractivity contribution in [2.75, 3.05) is 6.61 Å². The van der Waals surface area contributed by atoms with Gasteiger partial charge in [-0.05, 0) is 37.3 Å². The van der Waals surface area contributed by atoms with E-state index in [1.807, 2.05) is 67.6 Å². The highest BCUT2D eigenvalue weighted by molar-refractivity contribution is 5.74. The number of esters is 1. The highest BCUT2D eigenvalue weighted by Gasteiger charge is 2.44. The predicted molar refractivity (Wildman–Crippen MR) is 93.5 cm³/mol. The van der Waals surface area contributed by atoms with Crippen molar-refractivity contribution in [2.45, 2.75) is 37.7 Å². The highest BCUT2D eigenvalue weighted by Crippen LogP contribution is 2.47. The van der Waals surface area contributed by atoms with Crippen LogP contribution in [0.4, 0.5) is 0 Å². The smallest absolute Gasteiger partial charge is 0.309 e. The lowest BCUT2D eigenvalue weighted by Crippen LogP contribution is -2.39. The van der Waals surface area contributed by atoms with Crippen LogP contribution in [0, 0.1) is 5.92 Å². The van der Waals surface area contributed by atoms with Crippen molar-refractivity contribution >= 4 is 5.97 Å². The second-order valence-electron chi connectivity index (χ2n) is 6.52. The van der Waals surface area contributed by atoms with E-state index in [1.165, 1.54) is 0 Å². The molecule has 1 saturated carbocycles. The van der Waals surface area contributed by atoms with Crippen LogP contribution in [0.5, 0.6) is 0 Å². The fraction of sp³-hybridized carbons (Fsp3) is 0.381. The summed E-state index contributed by atoms with van der Waals surface area (Å²) in [5.41, 5.74) is 1.11. The third-order valence-electron chi connectivity index (χ3n) is 5.04. The van der Waals surface area contributed by atoms with Gasteiger partial charge in [-0.3, -0.25) is 4.79 Å². The Kier molecular flexibility index (Phi) is 5.00. The fourth-order valence-corrected chi connectivity index (χ4v) is 3.80. The van der Waals surface area contributed by atoms with Crippen molar-refractivity contribution in [2.24, 2.45) is 5.92 Å². The second kappa shape index (κ2) is 7.18. The van der Waals surface area contributed by atoms with E-state index in [2.05, 4.69) is 0 Å². The Balaban J connectivity index is 1.92. The number of carbonyl (C=O) groups excluding carboxylic acids is 1. The first kappa shape index (κ1) is 16.7. The summed E-state index contributed by atoms with van der Waals surface area (Å²) in [6.45, 7) is 2.22. The summed E-state index contributed by atoms with van der Waals surface area (Å²) >= 11 is 0. The van der Waals surface area contributed by atoms with Crippen molar-refractivity contribution in [1.29, 1.82) is 0 Å². The number of hydrogen-bond acceptors (Lipinski definition) is 3. The van der Waals surface area contributed by atoms with Gasteiger partial charge in [-0.2, -0.15) is 0 Å². The molecule has 0 amide bonds. The Morgan fingerprint density at radius 2 is 1.75 bits per heavy atom. The van der Waals surface area contributed by atoms with Crippen molar-refractivity contribution in [1.82, 2.24) is 0 Å². The zero-order valence-corrected chi connectivity index (χ0v) is 14.0. The summed E-state index contributed by atoms with van der Waals surface area (Å²) in [6.07, 6.45) is 1.73. The van der Waals surface area contributed by atoms with Crippen molar-refractivity contribution < 1.29 is 14.6 Å². The minimum atomic E-state index is -0.898. The van der Waals surface area contributed by atoms with Crippen LogP contribution >= 0.6 is 0 Å². The van der Waals surface area contributed by atoms with Crippen LogP contribution in [0.15, 0.2) is 60.7 Å². The first-order chi connectivity index (χ1) is 11.6. The van der Waals surface area contributed by atoms with Crippen molar-refractivity contribution in [3.63, 3.8) is 0 Å². The van der Waals surface area contributed by atoms with Gasteiger partial charge in [0.15, 0.2) is 0 Å². The Bertz CT molecular complexity index is 668. The molecule has 3 rings (SSSR count). The molecule has 0 radical (unpaired) electrons. The first-order valence-electron chi connectivity index (χ1n) is 8.63. The Morgan fingerprint density at radius 3 is 2.38 bits per heavy atom. The first-order valence-corrected chi connectivity index (χ1v) is 8.63.